The van der Waals surface area contributed by atoms with E-state index in [1.807, 2.05) is 31.4 Å². The van der Waals surface area contributed by atoms with Crippen molar-refractivity contribution in [1.82, 2.24) is 10.2 Å². The number of thioether (sulfide) groups is 1. The lowest BCUT2D eigenvalue weighted by Crippen LogP contribution is -2.29. The number of rotatable bonds is 8. The van der Waals surface area contributed by atoms with Gasteiger partial charge in [-0.15, -0.1) is 21.5 Å². The molecule has 188 valence electrons. The zero-order chi connectivity index (χ0) is 25.9. The minimum absolute atomic E-state index is 0.0284. The molecule has 0 spiro atoms. The SMILES string of the molecule is CCOc1ccc(/C(O)=C2/C(=O)C(=O)N(c3nnc(SCc4ccc(C)cc4)s3)C2c2cccs2)cc1. The summed E-state index contributed by atoms with van der Waals surface area (Å²) in [5.74, 6) is -0.370. The summed E-state index contributed by atoms with van der Waals surface area (Å²) >= 11 is 4.18. The molecule has 0 radical (unpaired) electrons. The molecule has 2 aromatic carbocycles. The van der Waals surface area contributed by atoms with Crippen molar-refractivity contribution >= 4 is 57.0 Å². The second-order valence-electron chi connectivity index (χ2n) is 8.27. The van der Waals surface area contributed by atoms with E-state index in [1.54, 1.807) is 24.3 Å². The highest BCUT2D eigenvalue weighted by atomic mass is 32.2. The van der Waals surface area contributed by atoms with E-state index in [4.69, 9.17) is 4.74 Å². The molecule has 5 rings (SSSR count). The van der Waals surface area contributed by atoms with Crippen LogP contribution in [0.15, 0.2) is 76.0 Å². The Kier molecular flexibility index (Phi) is 7.40. The molecule has 1 unspecified atom stereocenters. The van der Waals surface area contributed by atoms with Gasteiger partial charge in [-0.2, -0.15) is 0 Å². The number of ether oxygens (including phenoxy) is 1. The third-order valence-corrected chi connectivity index (χ3v) is 8.83. The van der Waals surface area contributed by atoms with E-state index in [2.05, 4.69) is 34.5 Å². The van der Waals surface area contributed by atoms with E-state index in [0.29, 0.717) is 33.1 Å². The van der Waals surface area contributed by atoms with Crippen LogP contribution in [0, 0.1) is 6.92 Å². The van der Waals surface area contributed by atoms with E-state index in [9.17, 15) is 14.7 Å². The van der Waals surface area contributed by atoms with Gasteiger partial charge in [0.1, 0.15) is 17.6 Å². The van der Waals surface area contributed by atoms with Crippen LogP contribution in [0.25, 0.3) is 5.76 Å². The summed E-state index contributed by atoms with van der Waals surface area (Å²) in [6, 6.07) is 17.9. The van der Waals surface area contributed by atoms with Crippen molar-refractivity contribution in [3.05, 3.63) is 93.2 Å². The standard InChI is InChI=1S/C27H23N3O4S3/c1-3-34-19-12-10-18(11-13-19)23(31)21-22(20-5-4-14-35-20)30(25(33)24(21)32)26-28-29-27(37-26)36-15-17-8-6-16(2)7-9-17/h4-14,22,31H,3,15H2,1-2H3/b23-21-. The van der Waals surface area contributed by atoms with Crippen molar-refractivity contribution in [2.45, 2.75) is 30.0 Å². The van der Waals surface area contributed by atoms with Gasteiger partial charge in [-0.1, -0.05) is 59.0 Å². The Hall–Kier alpha value is -3.47. The number of amides is 1. The van der Waals surface area contributed by atoms with Gasteiger partial charge in [0.15, 0.2) is 4.34 Å². The normalized spacial score (nSPS) is 16.9. The molecule has 1 amide bonds. The number of carbonyl (C=O) groups is 2. The van der Waals surface area contributed by atoms with Crippen LogP contribution in [0.2, 0.25) is 0 Å². The van der Waals surface area contributed by atoms with Crippen LogP contribution in [0.3, 0.4) is 0 Å². The molecule has 3 heterocycles. The van der Waals surface area contributed by atoms with Crippen molar-refractivity contribution in [3.8, 4) is 5.75 Å². The zero-order valence-corrected chi connectivity index (χ0v) is 22.5. The Balaban J connectivity index is 1.47. The number of carbonyl (C=O) groups excluding carboxylic acids is 2. The van der Waals surface area contributed by atoms with Crippen LogP contribution in [-0.2, 0) is 15.3 Å². The summed E-state index contributed by atoms with van der Waals surface area (Å²) in [5, 5.41) is 21.9. The van der Waals surface area contributed by atoms with Gasteiger partial charge >= 0.3 is 5.91 Å². The average molecular weight is 550 g/mol. The lowest BCUT2D eigenvalue weighted by Gasteiger charge is -2.20. The van der Waals surface area contributed by atoms with Crippen molar-refractivity contribution in [2.24, 2.45) is 0 Å². The molecule has 1 N–H and O–H groups in total. The maximum absolute atomic E-state index is 13.3. The molecule has 1 fully saturated rings. The molecule has 0 bridgehead atoms. The fourth-order valence-corrected chi connectivity index (χ4v) is 6.61. The maximum atomic E-state index is 13.3. The molecule has 7 nitrogen and oxygen atoms in total. The Labute approximate surface area is 226 Å². The maximum Gasteiger partial charge on any atom is 0.301 e. The van der Waals surface area contributed by atoms with Crippen LogP contribution >= 0.6 is 34.4 Å². The van der Waals surface area contributed by atoms with Crippen molar-refractivity contribution in [1.29, 1.82) is 0 Å². The van der Waals surface area contributed by atoms with Crippen molar-refractivity contribution < 1.29 is 19.4 Å². The number of anilines is 1. The topological polar surface area (TPSA) is 92.6 Å². The molecular formula is C27H23N3O4S3. The molecule has 0 aliphatic carbocycles. The van der Waals surface area contributed by atoms with Crippen LogP contribution < -0.4 is 9.64 Å². The lowest BCUT2D eigenvalue weighted by atomic mass is 10.00. The monoisotopic (exact) mass is 549 g/mol. The first-order valence-electron chi connectivity index (χ1n) is 11.6. The van der Waals surface area contributed by atoms with Gasteiger partial charge in [-0.3, -0.25) is 14.5 Å². The molecule has 0 saturated carbocycles. The summed E-state index contributed by atoms with van der Waals surface area (Å²) in [6.07, 6.45) is 0. The number of hydrogen-bond acceptors (Lipinski definition) is 9. The van der Waals surface area contributed by atoms with Crippen LogP contribution in [0.5, 0.6) is 5.75 Å². The second kappa shape index (κ2) is 10.9. The number of benzene rings is 2. The molecule has 1 atom stereocenters. The largest absolute Gasteiger partial charge is 0.507 e. The summed E-state index contributed by atoms with van der Waals surface area (Å²) in [7, 11) is 0. The molecule has 1 aliphatic rings. The number of Topliss-reactive ketones (excluding diaryl/α,β-unsaturated/α-hetero) is 1. The van der Waals surface area contributed by atoms with Gasteiger partial charge in [0, 0.05) is 16.2 Å². The highest BCUT2D eigenvalue weighted by Gasteiger charge is 2.48. The van der Waals surface area contributed by atoms with E-state index in [0.717, 1.165) is 10.4 Å². The van der Waals surface area contributed by atoms with Gasteiger partial charge in [-0.05, 0) is 55.1 Å². The third-order valence-electron chi connectivity index (χ3n) is 5.78. The molecular weight excluding hydrogens is 527 g/mol. The highest BCUT2D eigenvalue weighted by Crippen LogP contribution is 2.45. The molecule has 4 aromatic rings. The van der Waals surface area contributed by atoms with E-state index in [1.165, 1.54) is 44.9 Å². The molecule has 1 saturated heterocycles. The Morgan fingerprint density at radius 2 is 1.84 bits per heavy atom. The number of thiophene rings is 1. The predicted molar refractivity (Wildman–Crippen MR) is 147 cm³/mol. The second-order valence-corrected chi connectivity index (χ2v) is 11.4. The Morgan fingerprint density at radius 3 is 2.51 bits per heavy atom. The number of aromatic nitrogens is 2. The first-order chi connectivity index (χ1) is 18.0. The summed E-state index contributed by atoms with van der Waals surface area (Å²) in [4.78, 5) is 28.6. The van der Waals surface area contributed by atoms with Gasteiger partial charge in [-0.25, -0.2) is 0 Å². The van der Waals surface area contributed by atoms with Gasteiger partial charge in [0.05, 0.1) is 12.2 Å². The van der Waals surface area contributed by atoms with Crippen LogP contribution in [0.1, 0.15) is 34.5 Å². The molecule has 2 aromatic heterocycles. The van der Waals surface area contributed by atoms with Gasteiger partial charge in [0.2, 0.25) is 5.13 Å². The molecule has 10 heteroatoms. The zero-order valence-electron chi connectivity index (χ0n) is 20.1. The van der Waals surface area contributed by atoms with Gasteiger partial charge in [0.25, 0.3) is 5.78 Å². The molecule has 37 heavy (non-hydrogen) atoms. The summed E-state index contributed by atoms with van der Waals surface area (Å²) in [6.45, 7) is 4.45. The number of aliphatic hydroxyl groups is 1. The minimum Gasteiger partial charge on any atom is -0.507 e. The highest BCUT2D eigenvalue weighted by molar-refractivity contribution is 8.00. The lowest BCUT2D eigenvalue weighted by molar-refractivity contribution is -0.132. The quantitative estimate of drug-likeness (QED) is 0.0916. The molecule has 1 aliphatic heterocycles. The summed E-state index contributed by atoms with van der Waals surface area (Å²) < 4.78 is 6.16. The Bertz CT molecular complexity index is 1450. The number of aliphatic hydroxyl groups excluding tert-OH is 1. The smallest absolute Gasteiger partial charge is 0.301 e. The fraction of sp³-hybridized carbons (Fsp3) is 0.185. The fourth-order valence-electron chi connectivity index (χ4n) is 3.96. The van der Waals surface area contributed by atoms with E-state index < -0.39 is 17.7 Å². The van der Waals surface area contributed by atoms with Gasteiger partial charge < -0.3 is 9.84 Å². The predicted octanol–water partition coefficient (Wildman–Crippen LogP) is 6.23. The number of aryl methyl sites for hydroxylation is 1. The van der Waals surface area contributed by atoms with Crippen molar-refractivity contribution in [2.75, 3.05) is 11.5 Å². The van der Waals surface area contributed by atoms with Crippen LogP contribution in [-0.4, -0.2) is 33.6 Å². The van der Waals surface area contributed by atoms with Crippen LogP contribution in [0.4, 0.5) is 5.13 Å². The summed E-state index contributed by atoms with van der Waals surface area (Å²) in [5.41, 5.74) is 2.80. The van der Waals surface area contributed by atoms with E-state index in [-0.39, 0.29) is 11.3 Å². The van der Waals surface area contributed by atoms with E-state index >= 15 is 0 Å². The first kappa shape index (κ1) is 25.2. The number of nitrogens with zero attached hydrogens (tertiary/aromatic N) is 3. The van der Waals surface area contributed by atoms with Crippen molar-refractivity contribution in [3.63, 3.8) is 0 Å². The number of hydrogen-bond donors (Lipinski definition) is 1. The number of ketones is 1. The first-order valence-corrected chi connectivity index (χ1v) is 14.2. The third kappa shape index (κ3) is 5.18. The Morgan fingerprint density at radius 1 is 1.08 bits per heavy atom. The average Bonchev–Trinajstić information content (AvgIpc) is 3.65. The minimum atomic E-state index is -0.797.